The normalized spacial score (nSPS) is 24.2. The first-order valence-electron chi connectivity index (χ1n) is 10.3. The molecule has 158 valence electrons. The van der Waals surface area contributed by atoms with Crippen molar-refractivity contribution in [3.63, 3.8) is 0 Å². The van der Waals surface area contributed by atoms with E-state index in [4.69, 9.17) is 15.8 Å². The number of benzene rings is 2. The van der Waals surface area contributed by atoms with Gasteiger partial charge in [-0.3, -0.25) is 4.18 Å². The minimum Gasteiger partial charge on any atom is -0.345 e. The van der Waals surface area contributed by atoms with Gasteiger partial charge in [-0.05, 0) is 62.1 Å². The molecule has 3 atom stereocenters. The van der Waals surface area contributed by atoms with Crippen molar-refractivity contribution in [3.05, 3.63) is 64.3 Å². The van der Waals surface area contributed by atoms with Gasteiger partial charge >= 0.3 is 0 Å². The molecule has 0 amide bonds. The molecule has 1 aliphatic heterocycles. The second-order valence-electron chi connectivity index (χ2n) is 8.66. The quantitative estimate of drug-likeness (QED) is 0.602. The summed E-state index contributed by atoms with van der Waals surface area (Å²) in [5.74, 6) is 0.477. The van der Waals surface area contributed by atoms with Crippen LogP contribution in [0.3, 0.4) is 0 Å². The SMILES string of the molecule is Cc1ccc(S(=O)(=O)OC[C@@H]2C[C@@H]3c4cccc5[nH]c(Cl)c(c45)C[C@H]3N(C)C2)cc1. The molecule has 1 aliphatic carbocycles. The highest BCUT2D eigenvalue weighted by atomic mass is 35.5. The summed E-state index contributed by atoms with van der Waals surface area (Å²) in [6, 6.07) is 13.5. The number of rotatable bonds is 4. The first-order valence-corrected chi connectivity index (χ1v) is 12.1. The number of aryl methyl sites for hydroxylation is 1. The van der Waals surface area contributed by atoms with Crippen LogP contribution in [0, 0.1) is 12.8 Å². The minimum atomic E-state index is -3.75. The highest BCUT2D eigenvalue weighted by Crippen LogP contribution is 2.46. The molecule has 2 heterocycles. The summed E-state index contributed by atoms with van der Waals surface area (Å²) < 4.78 is 30.7. The predicted molar refractivity (Wildman–Crippen MR) is 119 cm³/mol. The van der Waals surface area contributed by atoms with E-state index in [2.05, 4.69) is 35.1 Å². The lowest BCUT2D eigenvalue weighted by molar-refractivity contribution is 0.0854. The number of nitrogens with zero attached hydrogens (tertiary/aromatic N) is 1. The Morgan fingerprint density at radius 3 is 2.73 bits per heavy atom. The maximum Gasteiger partial charge on any atom is 0.296 e. The zero-order valence-corrected chi connectivity index (χ0v) is 18.6. The Morgan fingerprint density at radius 1 is 1.20 bits per heavy atom. The van der Waals surface area contributed by atoms with Crippen molar-refractivity contribution in [3.8, 4) is 0 Å². The number of likely N-dealkylation sites (tertiary alicyclic amines) is 1. The summed E-state index contributed by atoms with van der Waals surface area (Å²) in [5, 5.41) is 1.98. The van der Waals surface area contributed by atoms with Gasteiger partial charge in [-0.15, -0.1) is 0 Å². The fourth-order valence-corrected chi connectivity index (χ4v) is 6.43. The molecule has 1 fully saturated rings. The van der Waals surface area contributed by atoms with Crippen molar-refractivity contribution in [2.75, 3.05) is 20.2 Å². The third kappa shape index (κ3) is 3.36. The van der Waals surface area contributed by atoms with Crippen LogP contribution in [0.4, 0.5) is 0 Å². The van der Waals surface area contributed by atoms with E-state index in [-0.39, 0.29) is 17.4 Å². The molecule has 2 aliphatic rings. The number of hydrogen-bond donors (Lipinski definition) is 1. The Labute approximate surface area is 182 Å². The molecule has 2 aromatic carbocycles. The summed E-state index contributed by atoms with van der Waals surface area (Å²) in [6.45, 7) is 2.93. The predicted octanol–water partition coefficient (Wildman–Crippen LogP) is 4.50. The second-order valence-corrected chi connectivity index (χ2v) is 10.7. The standard InChI is InChI=1S/C23H25ClN2O3S/c1-14-6-8-16(9-7-14)30(27,28)29-13-15-10-18-17-4-3-5-20-22(17)19(23(24)25-20)11-21(18)26(2)12-15/h3-9,15,18,21,25H,10-13H2,1-2H3/t15-,18-,21-/m1/s1. The van der Waals surface area contributed by atoms with Crippen LogP contribution in [-0.2, 0) is 20.7 Å². The van der Waals surface area contributed by atoms with Crippen molar-refractivity contribution in [2.45, 2.75) is 36.6 Å². The zero-order valence-electron chi connectivity index (χ0n) is 17.1. The van der Waals surface area contributed by atoms with Gasteiger partial charge in [-0.1, -0.05) is 41.4 Å². The van der Waals surface area contributed by atoms with Gasteiger partial charge in [0.05, 0.1) is 11.5 Å². The molecule has 7 heteroatoms. The van der Waals surface area contributed by atoms with Gasteiger partial charge in [0.1, 0.15) is 5.15 Å². The number of likely N-dealkylation sites (N-methyl/N-ethyl adjacent to an activating group) is 1. The molecule has 0 spiro atoms. The van der Waals surface area contributed by atoms with Gasteiger partial charge in [0.25, 0.3) is 10.1 Å². The zero-order chi connectivity index (χ0) is 21.0. The number of piperidine rings is 1. The summed E-state index contributed by atoms with van der Waals surface area (Å²) in [4.78, 5) is 5.86. The number of hydrogen-bond acceptors (Lipinski definition) is 4. The Morgan fingerprint density at radius 2 is 1.97 bits per heavy atom. The third-order valence-electron chi connectivity index (χ3n) is 6.65. The van der Waals surface area contributed by atoms with E-state index in [9.17, 15) is 8.42 Å². The van der Waals surface area contributed by atoms with E-state index in [1.807, 2.05) is 6.92 Å². The van der Waals surface area contributed by atoms with Crippen molar-refractivity contribution in [2.24, 2.45) is 5.92 Å². The number of halogens is 1. The van der Waals surface area contributed by atoms with Crippen molar-refractivity contribution in [1.82, 2.24) is 9.88 Å². The smallest absolute Gasteiger partial charge is 0.296 e. The Bertz CT molecular complexity index is 1200. The Balaban J connectivity index is 1.38. The fourth-order valence-electron chi connectivity index (χ4n) is 5.18. The molecule has 0 saturated carbocycles. The maximum absolute atomic E-state index is 12.6. The highest BCUT2D eigenvalue weighted by Gasteiger charge is 2.40. The summed E-state index contributed by atoms with van der Waals surface area (Å²) in [7, 11) is -1.63. The van der Waals surface area contributed by atoms with E-state index >= 15 is 0 Å². The Kier molecular flexibility index (Phi) is 4.93. The van der Waals surface area contributed by atoms with Gasteiger partial charge in [-0.2, -0.15) is 8.42 Å². The maximum atomic E-state index is 12.6. The lowest BCUT2D eigenvalue weighted by atomic mass is 9.72. The Hall–Kier alpha value is -1.86. The van der Waals surface area contributed by atoms with E-state index in [1.54, 1.807) is 24.3 Å². The molecular formula is C23H25ClN2O3S. The summed E-state index contributed by atoms with van der Waals surface area (Å²) >= 11 is 6.49. The van der Waals surface area contributed by atoms with Crippen molar-refractivity contribution >= 4 is 32.6 Å². The largest absolute Gasteiger partial charge is 0.345 e. The molecule has 5 nitrogen and oxygen atoms in total. The molecular weight excluding hydrogens is 420 g/mol. The lowest BCUT2D eigenvalue weighted by Gasteiger charge is -2.45. The summed E-state index contributed by atoms with van der Waals surface area (Å²) in [6.07, 6.45) is 1.81. The topological polar surface area (TPSA) is 62.4 Å². The number of aromatic nitrogens is 1. The molecule has 0 bridgehead atoms. The van der Waals surface area contributed by atoms with E-state index in [0.717, 1.165) is 35.6 Å². The first kappa shape index (κ1) is 20.1. The van der Waals surface area contributed by atoms with E-state index < -0.39 is 10.1 Å². The van der Waals surface area contributed by atoms with Crippen molar-refractivity contribution in [1.29, 1.82) is 0 Å². The second kappa shape index (κ2) is 7.38. The lowest BCUT2D eigenvalue weighted by Crippen LogP contribution is -2.48. The average molecular weight is 445 g/mol. The number of H-pyrrole nitrogens is 1. The highest BCUT2D eigenvalue weighted by molar-refractivity contribution is 7.86. The van der Waals surface area contributed by atoms with Gasteiger partial charge in [0.2, 0.25) is 0 Å². The van der Waals surface area contributed by atoms with Crippen LogP contribution in [0.25, 0.3) is 10.9 Å². The van der Waals surface area contributed by atoms with Crippen molar-refractivity contribution < 1.29 is 12.6 Å². The van der Waals surface area contributed by atoms with Crippen LogP contribution < -0.4 is 0 Å². The number of aromatic amines is 1. The van der Waals surface area contributed by atoms with Crippen LogP contribution in [0.15, 0.2) is 47.4 Å². The molecule has 1 N–H and O–H groups in total. The molecule has 30 heavy (non-hydrogen) atoms. The van der Waals surface area contributed by atoms with Gasteiger partial charge < -0.3 is 9.88 Å². The van der Waals surface area contributed by atoms with Crippen LogP contribution in [0.1, 0.15) is 29.0 Å². The van der Waals surface area contributed by atoms with Crippen LogP contribution in [0.5, 0.6) is 0 Å². The molecule has 5 rings (SSSR count). The van der Waals surface area contributed by atoms with E-state index in [0.29, 0.717) is 12.0 Å². The van der Waals surface area contributed by atoms with Crippen LogP contribution in [-0.4, -0.2) is 44.5 Å². The van der Waals surface area contributed by atoms with E-state index in [1.165, 1.54) is 16.5 Å². The van der Waals surface area contributed by atoms with Gasteiger partial charge in [-0.25, -0.2) is 0 Å². The van der Waals surface area contributed by atoms with Crippen LogP contribution >= 0.6 is 11.6 Å². The molecule has 1 saturated heterocycles. The average Bonchev–Trinajstić information content (AvgIpc) is 3.04. The summed E-state index contributed by atoms with van der Waals surface area (Å²) in [5.41, 5.74) is 4.60. The molecule has 1 aromatic heterocycles. The fraction of sp³-hybridized carbons (Fsp3) is 0.391. The number of fused-ring (bicyclic) bond motifs is 2. The monoisotopic (exact) mass is 444 g/mol. The first-order chi connectivity index (χ1) is 14.3. The minimum absolute atomic E-state index is 0.141. The molecule has 3 aromatic rings. The van der Waals surface area contributed by atoms with Gasteiger partial charge in [0, 0.05) is 29.4 Å². The van der Waals surface area contributed by atoms with Crippen LogP contribution in [0.2, 0.25) is 5.15 Å². The third-order valence-corrected chi connectivity index (χ3v) is 8.27. The molecule has 0 radical (unpaired) electrons. The van der Waals surface area contributed by atoms with Gasteiger partial charge in [0.15, 0.2) is 0 Å². The molecule has 0 unspecified atom stereocenters. The number of nitrogens with one attached hydrogen (secondary N) is 1.